The molecule has 5 heteroatoms. The quantitative estimate of drug-likeness (QED) is 0.485. The summed E-state index contributed by atoms with van der Waals surface area (Å²) in [5.74, 6) is 0. The van der Waals surface area contributed by atoms with Crippen LogP contribution in [0, 0.1) is 10.1 Å². The lowest BCUT2D eigenvalue weighted by molar-refractivity contribution is -0.383. The van der Waals surface area contributed by atoms with Crippen LogP contribution in [0.2, 0.25) is 0 Å². The number of para-hydroxylation sites is 1. The summed E-state index contributed by atoms with van der Waals surface area (Å²) in [6.07, 6.45) is 4.51. The van der Waals surface area contributed by atoms with E-state index in [4.69, 9.17) is 5.11 Å². The van der Waals surface area contributed by atoms with Crippen molar-refractivity contribution in [1.29, 1.82) is 0 Å². The van der Waals surface area contributed by atoms with Crippen LogP contribution < -0.4 is 0 Å². The van der Waals surface area contributed by atoms with E-state index in [1.165, 1.54) is 6.07 Å². The molecule has 0 saturated heterocycles. The zero-order valence-corrected chi connectivity index (χ0v) is 10.1. The first kappa shape index (κ1) is 12.6. The molecule has 1 aromatic carbocycles. The van der Waals surface area contributed by atoms with Gasteiger partial charge >= 0.3 is 0 Å². The number of aryl methyl sites for hydroxylation is 1. The Morgan fingerprint density at radius 2 is 2.06 bits per heavy atom. The van der Waals surface area contributed by atoms with E-state index in [0.29, 0.717) is 5.52 Å². The van der Waals surface area contributed by atoms with E-state index in [1.807, 2.05) is 22.9 Å². The Balaban J connectivity index is 2.25. The van der Waals surface area contributed by atoms with E-state index in [9.17, 15) is 10.1 Å². The van der Waals surface area contributed by atoms with Gasteiger partial charge in [0.25, 0.3) is 5.69 Å². The highest BCUT2D eigenvalue weighted by Crippen LogP contribution is 2.26. The van der Waals surface area contributed by atoms with Crippen molar-refractivity contribution in [2.75, 3.05) is 6.61 Å². The molecule has 0 amide bonds. The number of aliphatic hydroxyl groups is 1. The molecule has 0 bridgehead atoms. The van der Waals surface area contributed by atoms with Crippen LogP contribution in [-0.4, -0.2) is 21.2 Å². The van der Waals surface area contributed by atoms with E-state index >= 15 is 0 Å². The van der Waals surface area contributed by atoms with Crippen LogP contribution in [0.1, 0.15) is 19.3 Å². The van der Waals surface area contributed by atoms with Crippen molar-refractivity contribution in [3.05, 3.63) is 40.6 Å². The predicted molar refractivity (Wildman–Crippen MR) is 69.5 cm³/mol. The monoisotopic (exact) mass is 248 g/mol. The van der Waals surface area contributed by atoms with Crippen LogP contribution in [0.5, 0.6) is 0 Å². The molecule has 1 aromatic heterocycles. The van der Waals surface area contributed by atoms with E-state index in [-0.39, 0.29) is 17.2 Å². The minimum atomic E-state index is -0.341. The second-order valence-electron chi connectivity index (χ2n) is 4.27. The van der Waals surface area contributed by atoms with Gasteiger partial charge in [-0.2, -0.15) is 0 Å². The smallest absolute Gasteiger partial charge is 0.293 e. The Morgan fingerprint density at radius 3 is 2.78 bits per heavy atom. The van der Waals surface area contributed by atoms with Crippen LogP contribution >= 0.6 is 0 Å². The number of nitrogens with zero attached hydrogens (tertiary/aromatic N) is 2. The van der Waals surface area contributed by atoms with Crippen molar-refractivity contribution < 1.29 is 10.0 Å². The maximum Gasteiger partial charge on any atom is 0.293 e. The van der Waals surface area contributed by atoms with Crippen LogP contribution in [-0.2, 0) is 6.54 Å². The maximum atomic E-state index is 11.0. The Bertz CT molecular complexity index is 548. The SMILES string of the molecule is O=[N+]([O-])c1cccc2ccn(CCCCCO)c12. The van der Waals surface area contributed by atoms with Gasteiger partial charge in [-0.1, -0.05) is 12.1 Å². The lowest BCUT2D eigenvalue weighted by Crippen LogP contribution is -1.99. The van der Waals surface area contributed by atoms with Crippen LogP contribution in [0.15, 0.2) is 30.5 Å². The van der Waals surface area contributed by atoms with Crippen LogP contribution in [0.25, 0.3) is 10.9 Å². The molecule has 1 heterocycles. The van der Waals surface area contributed by atoms with Crippen molar-refractivity contribution in [3.63, 3.8) is 0 Å². The van der Waals surface area contributed by atoms with Gasteiger partial charge in [-0.15, -0.1) is 0 Å². The molecule has 18 heavy (non-hydrogen) atoms. The van der Waals surface area contributed by atoms with Crippen molar-refractivity contribution in [2.45, 2.75) is 25.8 Å². The number of nitro benzene ring substituents is 1. The zero-order chi connectivity index (χ0) is 13.0. The first-order chi connectivity index (χ1) is 8.74. The Labute approximate surface area is 105 Å². The minimum absolute atomic E-state index is 0.152. The average molecular weight is 248 g/mol. The van der Waals surface area contributed by atoms with E-state index in [1.54, 1.807) is 6.07 Å². The second-order valence-corrected chi connectivity index (χ2v) is 4.27. The molecule has 0 saturated carbocycles. The fourth-order valence-electron chi connectivity index (χ4n) is 2.15. The molecule has 0 aliphatic carbocycles. The zero-order valence-electron chi connectivity index (χ0n) is 10.1. The average Bonchev–Trinajstić information content (AvgIpc) is 2.77. The van der Waals surface area contributed by atoms with E-state index < -0.39 is 0 Å². The summed E-state index contributed by atoms with van der Waals surface area (Å²) in [5.41, 5.74) is 0.839. The standard InChI is InChI=1S/C13H16N2O3/c16-10-3-1-2-8-14-9-7-11-5-4-6-12(13(11)14)15(17)18/h4-7,9,16H,1-3,8,10H2. The van der Waals surface area contributed by atoms with Gasteiger partial charge in [0.1, 0.15) is 5.52 Å². The molecule has 5 nitrogen and oxygen atoms in total. The molecule has 0 radical (unpaired) electrons. The lowest BCUT2D eigenvalue weighted by Gasteiger charge is -2.05. The number of hydrogen-bond donors (Lipinski definition) is 1. The number of aliphatic hydroxyl groups excluding tert-OH is 1. The normalized spacial score (nSPS) is 10.9. The molecule has 1 N–H and O–H groups in total. The highest BCUT2D eigenvalue weighted by molar-refractivity contribution is 5.88. The number of unbranched alkanes of at least 4 members (excludes halogenated alkanes) is 2. The van der Waals surface area contributed by atoms with Crippen molar-refractivity contribution in [2.24, 2.45) is 0 Å². The third-order valence-corrected chi connectivity index (χ3v) is 3.02. The molecule has 0 atom stereocenters. The van der Waals surface area contributed by atoms with Gasteiger partial charge in [-0.25, -0.2) is 0 Å². The first-order valence-corrected chi connectivity index (χ1v) is 6.07. The fourth-order valence-corrected chi connectivity index (χ4v) is 2.15. The van der Waals surface area contributed by atoms with Crippen molar-refractivity contribution >= 4 is 16.6 Å². The molecular weight excluding hydrogens is 232 g/mol. The fraction of sp³-hybridized carbons (Fsp3) is 0.385. The first-order valence-electron chi connectivity index (χ1n) is 6.07. The molecule has 0 fully saturated rings. The summed E-state index contributed by atoms with van der Waals surface area (Å²) in [5, 5.41) is 20.6. The van der Waals surface area contributed by atoms with Gasteiger partial charge in [0.15, 0.2) is 0 Å². The summed E-state index contributed by atoms with van der Waals surface area (Å²) in [6, 6.07) is 7.02. The Hall–Kier alpha value is -1.88. The van der Waals surface area contributed by atoms with Crippen LogP contribution in [0.4, 0.5) is 5.69 Å². The van der Waals surface area contributed by atoms with Gasteiger partial charge in [0, 0.05) is 30.8 Å². The van der Waals surface area contributed by atoms with Gasteiger partial charge in [-0.05, 0) is 25.3 Å². The molecule has 0 aliphatic rings. The number of aromatic nitrogens is 1. The van der Waals surface area contributed by atoms with E-state index in [2.05, 4.69) is 0 Å². The third kappa shape index (κ3) is 2.51. The summed E-state index contributed by atoms with van der Waals surface area (Å²) < 4.78 is 1.92. The number of hydrogen-bond acceptors (Lipinski definition) is 3. The summed E-state index contributed by atoms with van der Waals surface area (Å²) in [7, 11) is 0. The molecule has 0 aliphatic heterocycles. The van der Waals surface area contributed by atoms with Crippen molar-refractivity contribution in [3.8, 4) is 0 Å². The maximum absolute atomic E-state index is 11.0. The van der Waals surface area contributed by atoms with Gasteiger partial charge in [-0.3, -0.25) is 10.1 Å². The molecule has 2 rings (SSSR count). The number of rotatable bonds is 6. The molecular formula is C13H16N2O3. The third-order valence-electron chi connectivity index (χ3n) is 3.02. The summed E-state index contributed by atoms with van der Waals surface area (Å²) in [4.78, 5) is 10.7. The number of fused-ring (bicyclic) bond motifs is 1. The molecule has 2 aromatic rings. The van der Waals surface area contributed by atoms with Crippen LogP contribution in [0.3, 0.4) is 0 Å². The largest absolute Gasteiger partial charge is 0.396 e. The second kappa shape index (κ2) is 5.64. The number of non-ortho nitro benzene ring substituents is 1. The Kier molecular flexibility index (Phi) is 3.94. The summed E-state index contributed by atoms with van der Waals surface area (Å²) in [6.45, 7) is 0.945. The van der Waals surface area contributed by atoms with Gasteiger partial charge in [0.2, 0.25) is 0 Å². The number of nitro groups is 1. The topological polar surface area (TPSA) is 68.3 Å². The number of benzene rings is 1. The highest BCUT2D eigenvalue weighted by Gasteiger charge is 2.14. The van der Waals surface area contributed by atoms with Crippen molar-refractivity contribution in [1.82, 2.24) is 4.57 Å². The van der Waals surface area contributed by atoms with E-state index in [0.717, 1.165) is 31.2 Å². The predicted octanol–water partition coefficient (Wildman–Crippen LogP) is 2.71. The van der Waals surface area contributed by atoms with Gasteiger partial charge in [0.05, 0.1) is 4.92 Å². The van der Waals surface area contributed by atoms with Gasteiger partial charge < -0.3 is 9.67 Å². The minimum Gasteiger partial charge on any atom is -0.396 e. The Morgan fingerprint density at radius 1 is 1.22 bits per heavy atom. The molecule has 0 unspecified atom stereocenters. The molecule has 96 valence electrons. The lowest BCUT2D eigenvalue weighted by atomic mass is 10.2. The summed E-state index contributed by atoms with van der Waals surface area (Å²) >= 11 is 0. The highest BCUT2D eigenvalue weighted by atomic mass is 16.6. The molecule has 0 spiro atoms.